The number of anilines is 2. The fourth-order valence-corrected chi connectivity index (χ4v) is 1.93. The number of nitrogens with two attached hydrogens (primary N) is 1. The zero-order valence-corrected chi connectivity index (χ0v) is 11.0. The van der Waals surface area contributed by atoms with Gasteiger partial charge in [0.2, 0.25) is 11.6 Å². The average molecular weight is 266 g/mol. The van der Waals surface area contributed by atoms with Gasteiger partial charge in [-0.25, -0.2) is 9.97 Å². The first kappa shape index (κ1) is 13.5. The molecule has 104 valence electrons. The van der Waals surface area contributed by atoms with Crippen LogP contribution in [0, 0.1) is 10.1 Å². The van der Waals surface area contributed by atoms with Crippen molar-refractivity contribution in [2.45, 2.75) is 31.8 Å². The van der Waals surface area contributed by atoms with Crippen LogP contribution in [0.1, 0.15) is 19.8 Å². The molecule has 19 heavy (non-hydrogen) atoms. The molecule has 1 atom stereocenters. The van der Waals surface area contributed by atoms with Gasteiger partial charge < -0.3 is 11.1 Å². The van der Waals surface area contributed by atoms with Gasteiger partial charge in [0.05, 0.1) is 4.92 Å². The van der Waals surface area contributed by atoms with Gasteiger partial charge in [-0.05, 0) is 26.8 Å². The highest BCUT2D eigenvalue weighted by atomic mass is 16.6. The molecule has 1 unspecified atom stereocenters. The molecule has 0 spiro atoms. The van der Waals surface area contributed by atoms with Crippen LogP contribution < -0.4 is 11.1 Å². The van der Waals surface area contributed by atoms with Gasteiger partial charge in [0.25, 0.3) is 0 Å². The standard InChI is InChI=1S/C11H18N6O2/c1-7(16(2)8-3-4-8)5-13-11-9(17(18)19)10(12)14-6-15-11/h6-8H,3-5H2,1-2H3,(H3,12,13,14,15). The molecule has 3 N–H and O–H groups in total. The Morgan fingerprint density at radius 2 is 2.32 bits per heavy atom. The zero-order chi connectivity index (χ0) is 14.0. The fourth-order valence-electron chi connectivity index (χ4n) is 1.93. The Hall–Kier alpha value is -1.96. The fraction of sp³-hybridized carbons (Fsp3) is 0.636. The van der Waals surface area contributed by atoms with Gasteiger partial charge in [0, 0.05) is 18.6 Å². The second kappa shape index (κ2) is 5.35. The average Bonchev–Trinajstić information content (AvgIpc) is 3.18. The molecule has 0 saturated heterocycles. The molecule has 8 nitrogen and oxygen atoms in total. The summed E-state index contributed by atoms with van der Waals surface area (Å²) < 4.78 is 0. The molecule has 1 aliphatic rings. The van der Waals surface area contributed by atoms with E-state index in [1.807, 2.05) is 0 Å². The lowest BCUT2D eigenvalue weighted by Crippen LogP contribution is -2.36. The largest absolute Gasteiger partial charge is 0.378 e. The molecule has 8 heteroatoms. The lowest BCUT2D eigenvalue weighted by atomic mass is 10.3. The molecule has 1 heterocycles. The van der Waals surface area contributed by atoms with Crippen molar-refractivity contribution in [2.75, 3.05) is 24.6 Å². The van der Waals surface area contributed by atoms with Gasteiger partial charge in [0.15, 0.2) is 0 Å². The van der Waals surface area contributed by atoms with Crippen molar-refractivity contribution in [2.24, 2.45) is 0 Å². The topological polar surface area (TPSA) is 110 Å². The number of nitrogens with one attached hydrogen (secondary N) is 1. The van der Waals surface area contributed by atoms with Gasteiger partial charge in [0.1, 0.15) is 6.33 Å². The maximum atomic E-state index is 10.9. The van der Waals surface area contributed by atoms with E-state index in [1.54, 1.807) is 0 Å². The first-order valence-electron chi connectivity index (χ1n) is 6.21. The van der Waals surface area contributed by atoms with E-state index in [1.165, 1.54) is 19.2 Å². The van der Waals surface area contributed by atoms with E-state index in [0.717, 1.165) is 0 Å². The Kier molecular flexibility index (Phi) is 3.79. The first-order chi connectivity index (χ1) is 9.00. The van der Waals surface area contributed by atoms with Crippen molar-refractivity contribution in [3.8, 4) is 0 Å². The zero-order valence-electron chi connectivity index (χ0n) is 11.0. The summed E-state index contributed by atoms with van der Waals surface area (Å²) in [6.07, 6.45) is 3.67. The van der Waals surface area contributed by atoms with Crippen molar-refractivity contribution in [1.82, 2.24) is 14.9 Å². The van der Waals surface area contributed by atoms with Gasteiger partial charge in [-0.3, -0.25) is 15.0 Å². The second-order valence-electron chi connectivity index (χ2n) is 4.84. The van der Waals surface area contributed by atoms with E-state index in [4.69, 9.17) is 5.73 Å². The molecule has 1 aliphatic carbocycles. The number of aromatic nitrogens is 2. The van der Waals surface area contributed by atoms with Crippen LogP contribution in [0.4, 0.5) is 17.3 Å². The Labute approximate surface area is 111 Å². The molecule has 2 rings (SSSR count). The molecule has 0 amide bonds. The first-order valence-corrected chi connectivity index (χ1v) is 6.21. The number of hydrogen-bond donors (Lipinski definition) is 2. The van der Waals surface area contributed by atoms with E-state index < -0.39 is 4.92 Å². The summed E-state index contributed by atoms with van der Waals surface area (Å²) >= 11 is 0. The molecule has 1 aromatic heterocycles. The Balaban J connectivity index is 2.02. The predicted octanol–water partition coefficient (Wildman–Crippen LogP) is 0.862. The van der Waals surface area contributed by atoms with Crippen molar-refractivity contribution >= 4 is 17.3 Å². The summed E-state index contributed by atoms with van der Waals surface area (Å²) in [5.74, 6) is 0.0549. The van der Waals surface area contributed by atoms with Gasteiger partial charge in [-0.1, -0.05) is 0 Å². The normalized spacial score (nSPS) is 16.4. The summed E-state index contributed by atoms with van der Waals surface area (Å²) in [4.78, 5) is 20.2. The molecule has 0 radical (unpaired) electrons. The van der Waals surface area contributed by atoms with E-state index >= 15 is 0 Å². The van der Waals surface area contributed by atoms with Crippen molar-refractivity contribution in [1.29, 1.82) is 0 Å². The van der Waals surface area contributed by atoms with Crippen LogP contribution in [0.3, 0.4) is 0 Å². The van der Waals surface area contributed by atoms with Crippen LogP contribution in [0.15, 0.2) is 6.33 Å². The van der Waals surface area contributed by atoms with Gasteiger partial charge in [-0.2, -0.15) is 0 Å². The smallest absolute Gasteiger partial charge is 0.352 e. The number of nitrogens with zero attached hydrogens (tertiary/aromatic N) is 4. The number of rotatable bonds is 6. The van der Waals surface area contributed by atoms with E-state index in [2.05, 4.69) is 34.2 Å². The Morgan fingerprint density at radius 3 is 2.89 bits per heavy atom. The highest BCUT2D eigenvalue weighted by Gasteiger charge is 2.29. The summed E-state index contributed by atoms with van der Waals surface area (Å²) in [7, 11) is 2.06. The van der Waals surface area contributed by atoms with E-state index in [-0.39, 0.29) is 23.4 Å². The maximum Gasteiger partial charge on any atom is 0.352 e. The number of likely N-dealkylation sites (N-methyl/N-ethyl adjacent to an activating group) is 1. The maximum absolute atomic E-state index is 10.9. The molecular weight excluding hydrogens is 248 g/mol. The van der Waals surface area contributed by atoms with E-state index in [9.17, 15) is 10.1 Å². The molecule has 1 fully saturated rings. The lowest BCUT2D eigenvalue weighted by Gasteiger charge is -2.24. The summed E-state index contributed by atoms with van der Waals surface area (Å²) in [5, 5.41) is 13.9. The third-order valence-electron chi connectivity index (χ3n) is 3.42. The van der Waals surface area contributed by atoms with Crippen LogP contribution in [0.5, 0.6) is 0 Å². The minimum Gasteiger partial charge on any atom is -0.378 e. The number of nitro groups is 1. The van der Waals surface area contributed by atoms with Gasteiger partial charge >= 0.3 is 5.69 Å². The Bertz CT molecular complexity index is 476. The van der Waals surface area contributed by atoms with Crippen LogP contribution in [0.25, 0.3) is 0 Å². The minimum atomic E-state index is -0.563. The second-order valence-corrected chi connectivity index (χ2v) is 4.84. The monoisotopic (exact) mass is 266 g/mol. The molecule has 0 aromatic carbocycles. The van der Waals surface area contributed by atoms with Crippen molar-refractivity contribution in [3.05, 3.63) is 16.4 Å². The third kappa shape index (κ3) is 3.08. The molecule has 0 aliphatic heterocycles. The molecule has 0 bridgehead atoms. The summed E-state index contributed by atoms with van der Waals surface area (Å²) in [6, 6.07) is 0.908. The number of hydrogen-bond acceptors (Lipinski definition) is 7. The lowest BCUT2D eigenvalue weighted by molar-refractivity contribution is -0.383. The highest BCUT2D eigenvalue weighted by Crippen LogP contribution is 2.28. The Morgan fingerprint density at radius 1 is 1.63 bits per heavy atom. The van der Waals surface area contributed by atoms with E-state index in [0.29, 0.717) is 12.6 Å². The van der Waals surface area contributed by atoms with Crippen LogP contribution in [0.2, 0.25) is 0 Å². The van der Waals surface area contributed by atoms with Crippen LogP contribution >= 0.6 is 0 Å². The highest BCUT2D eigenvalue weighted by molar-refractivity contribution is 5.67. The predicted molar refractivity (Wildman–Crippen MR) is 71.8 cm³/mol. The van der Waals surface area contributed by atoms with Crippen LogP contribution in [-0.4, -0.2) is 45.5 Å². The van der Waals surface area contributed by atoms with Crippen molar-refractivity contribution in [3.63, 3.8) is 0 Å². The third-order valence-corrected chi connectivity index (χ3v) is 3.42. The molecular formula is C11H18N6O2. The van der Waals surface area contributed by atoms with Gasteiger partial charge in [-0.15, -0.1) is 0 Å². The SMILES string of the molecule is CC(CNc1ncnc(N)c1[N+](=O)[O-])N(C)C1CC1. The quantitative estimate of drug-likeness (QED) is 0.580. The minimum absolute atomic E-state index is 0.120. The molecule has 1 saturated carbocycles. The summed E-state index contributed by atoms with van der Waals surface area (Å²) in [5.41, 5.74) is 5.24. The number of nitrogen functional groups attached to an aromatic ring is 1. The molecule has 1 aromatic rings. The van der Waals surface area contributed by atoms with Crippen LogP contribution in [-0.2, 0) is 0 Å². The van der Waals surface area contributed by atoms with Crippen molar-refractivity contribution < 1.29 is 4.92 Å². The summed E-state index contributed by atoms with van der Waals surface area (Å²) in [6.45, 7) is 2.64.